The van der Waals surface area contributed by atoms with Crippen molar-refractivity contribution in [3.8, 4) is 5.75 Å². The van der Waals surface area contributed by atoms with Gasteiger partial charge in [0.05, 0.1) is 6.61 Å². The molecule has 0 amide bonds. The molecule has 0 aliphatic heterocycles. The molecular formula is C15H20O2. The summed E-state index contributed by atoms with van der Waals surface area (Å²) in [6, 6.07) is 8.13. The van der Waals surface area contributed by atoms with Crippen molar-refractivity contribution in [2.24, 2.45) is 5.92 Å². The second-order valence-electron chi connectivity index (χ2n) is 4.95. The van der Waals surface area contributed by atoms with Crippen molar-refractivity contribution in [1.82, 2.24) is 0 Å². The monoisotopic (exact) mass is 232 g/mol. The predicted molar refractivity (Wildman–Crippen MR) is 68.3 cm³/mol. The van der Waals surface area contributed by atoms with E-state index in [1.54, 1.807) is 6.92 Å². The van der Waals surface area contributed by atoms with Gasteiger partial charge < -0.3 is 9.53 Å². The van der Waals surface area contributed by atoms with Crippen LogP contribution in [0.2, 0.25) is 0 Å². The van der Waals surface area contributed by atoms with Crippen LogP contribution in [-0.4, -0.2) is 12.4 Å². The van der Waals surface area contributed by atoms with Crippen LogP contribution >= 0.6 is 0 Å². The minimum atomic E-state index is 0.246. The van der Waals surface area contributed by atoms with Crippen LogP contribution in [0.25, 0.3) is 0 Å². The maximum Gasteiger partial charge on any atom is 0.130 e. The van der Waals surface area contributed by atoms with Gasteiger partial charge >= 0.3 is 0 Å². The molecule has 0 radical (unpaired) electrons. The zero-order valence-corrected chi connectivity index (χ0v) is 10.4. The van der Waals surface area contributed by atoms with Crippen LogP contribution in [0.3, 0.4) is 0 Å². The zero-order chi connectivity index (χ0) is 12.1. The number of aryl methyl sites for hydroxylation is 1. The SMILES string of the molecule is CC(=O)CCc1ccc(OCC2CCC2)cc1. The Morgan fingerprint density at radius 1 is 1.29 bits per heavy atom. The normalized spacial score (nSPS) is 15.4. The zero-order valence-electron chi connectivity index (χ0n) is 10.4. The maximum absolute atomic E-state index is 10.9. The summed E-state index contributed by atoms with van der Waals surface area (Å²) >= 11 is 0. The molecule has 0 spiro atoms. The fourth-order valence-electron chi connectivity index (χ4n) is 1.95. The minimum absolute atomic E-state index is 0.246. The Hall–Kier alpha value is -1.31. The van der Waals surface area contributed by atoms with Crippen LogP contribution in [0.5, 0.6) is 5.75 Å². The average Bonchev–Trinajstić information content (AvgIpc) is 2.26. The van der Waals surface area contributed by atoms with E-state index in [9.17, 15) is 4.79 Å². The van der Waals surface area contributed by atoms with E-state index in [0.717, 1.165) is 24.7 Å². The molecule has 0 bridgehead atoms. The average molecular weight is 232 g/mol. The van der Waals surface area contributed by atoms with Gasteiger partial charge in [-0.1, -0.05) is 18.6 Å². The molecule has 1 aromatic carbocycles. The molecule has 0 unspecified atom stereocenters. The summed E-state index contributed by atoms with van der Waals surface area (Å²) in [5, 5.41) is 0. The highest BCUT2D eigenvalue weighted by Gasteiger charge is 2.17. The third kappa shape index (κ3) is 3.88. The third-order valence-corrected chi connectivity index (χ3v) is 3.40. The Morgan fingerprint density at radius 2 is 2.00 bits per heavy atom. The second-order valence-corrected chi connectivity index (χ2v) is 4.95. The van der Waals surface area contributed by atoms with Gasteiger partial charge in [-0.2, -0.15) is 0 Å². The van der Waals surface area contributed by atoms with Crippen LogP contribution < -0.4 is 4.74 Å². The molecule has 1 aromatic rings. The highest BCUT2D eigenvalue weighted by Crippen LogP contribution is 2.27. The minimum Gasteiger partial charge on any atom is -0.493 e. The van der Waals surface area contributed by atoms with Crippen molar-refractivity contribution in [2.75, 3.05) is 6.61 Å². The molecule has 1 fully saturated rings. The van der Waals surface area contributed by atoms with E-state index in [-0.39, 0.29) is 5.78 Å². The summed E-state index contributed by atoms with van der Waals surface area (Å²) in [4.78, 5) is 10.9. The number of ketones is 1. The van der Waals surface area contributed by atoms with Crippen molar-refractivity contribution in [3.05, 3.63) is 29.8 Å². The van der Waals surface area contributed by atoms with Gasteiger partial charge in [-0.25, -0.2) is 0 Å². The van der Waals surface area contributed by atoms with Crippen LogP contribution in [0, 0.1) is 5.92 Å². The first kappa shape index (κ1) is 12.2. The Kier molecular flexibility index (Phi) is 4.18. The molecule has 0 aromatic heterocycles. The molecule has 17 heavy (non-hydrogen) atoms. The van der Waals surface area contributed by atoms with Crippen LogP contribution in [0.4, 0.5) is 0 Å². The highest BCUT2D eigenvalue weighted by atomic mass is 16.5. The molecule has 2 nitrogen and oxygen atoms in total. The molecule has 1 aliphatic carbocycles. The standard InChI is InChI=1S/C15H20O2/c1-12(16)5-6-13-7-9-15(10-8-13)17-11-14-3-2-4-14/h7-10,14H,2-6,11H2,1H3. The van der Waals surface area contributed by atoms with E-state index in [2.05, 4.69) is 12.1 Å². The number of rotatable bonds is 6. The summed E-state index contributed by atoms with van der Waals surface area (Å²) in [6.45, 7) is 2.49. The van der Waals surface area contributed by atoms with Gasteiger partial charge in [0, 0.05) is 6.42 Å². The van der Waals surface area contributed by atoms with Crippen LogP contribution in [0.1, 0.15) is 38.2 Å². The van der Waals surface area contributed by atoms with E-state index >= 15 is 0 Å². The van der Waals surface area contributed by atoms with Crippen molar-refractivity contribution in [3.63, 3.8) is 0 Å². The summed E-state index contributed by atoms with van der Waals surface area (Å²) in [6.07, 6.45) is 5.45. The Bertz CT molecular complexity index is 363. The lowest BCUT2D eigenvalue weighted by Crippen LogP contribution is -2.19. The fourth-order valence-corrected chi connectivity index (χ4v) is 1.95. The number of ether oxygens (including phenoxy) is 1. The highest BCUT2D eigenvalue weighted by molar-refractivity contribution is 5.75. The topological polar surface area (TPSA) is 26.3 Å². The summed E-state index contributed by atoms with van der Waals surface area (Å²) in [5.41, 5.74) is 1.20. The van der Waals surface area contributed by atoms with E-state index < -0.39 is 0 Å². The third-order valence-electron chi connectivity index (χ3n) is 3.40. The van der Waals surface area contributed by atoms with Crippen molar-refractivity contribution >= 4 is 5.78 Å². The van der Waals surface area contributed by atoms with E-state index in [0.29, 0.717) is 6.42 Å². The first-order valence-corrected chi connectivity index (χ1v) is 6.45. The first-order chi connectivity index (χ1) is 8.24. The van der Waals surface area contributed by atoms with Gasteiger partial charge in [0.15, 0.2) is 0 Å². The number of carbonyl (C=O) groups excluding carboxylic acids is 1. The van der Waals surface area contributed by atoms with Gasteiger partial charge in [-0.3, -0.25) is 0 Å². The lowest BCUT2D eigenvalue weighted by Gasteiger charge is -2.25. The van der Waals surface area contributed by atoms with Crippen molar-refractivity contribution in [2.45, 2.75) is 39.0 Å². The van der Waals surface area contributed by atoms with E-state index in [1.165, 1.54) is 24.8 Å². The van der Waals surface area contributed by atoms with Gasteiger partial charge in [-0.05, 0) is 49.8 Å². The molecular weight excluding hydrogens is 212 g/mol. The molecule has 92 valence electrons. The van der Waals surface area contributed by atoms with Gasteiger partial charge in [0.1, 0.15) is 11.5 Å². The second kappa shape index (κ2) is 5.85. The molecule has 0 heterocycles. The van der Waals surface area contributed by atoms with Crippen molar-refractivity contribution < 1.29 is 9.53 Å². The summed E-state index contributed by atoms with van der Waals surface area (Å²) < 4.78 is 5.72. The quantitative estimate of drug-likeness (QED) is 0.751. The van der Waals surface area contributed by atoms with Crippen molar-refractivity contribution in [1.29, 1.82) is 0 Å². The Labute approximate surface area is 103 Å². The van der Waals surface area contributed by atoms with Crippen LogP contribution in [-0.2, 0) is 11.2 Å². The Balaban J connectivity index is 1.77. The smallest absolute Gasteiger partial charge is 0.130 e. The first-order valence-electron chi connectivity index (χ1n) is 6.45. The summed E-state index contributed by atoms with van der Waals surface area (Å²) in [5.74, 6) is 1.96. The molecule has 1 saturated carbocycles. The number of carbonyl (C=O) groups is 1. The van der Waals surface area contributed by atoms with E-state index in [1.807, 2.05) is 12.1 Å². The largest absolute Gasteiger partial charge is 0.493 e. The molecule has 0 atom stereocenters. The fraction of sp³-hybridized carbons (Fsp3) is 0.533. The lowest BCUT2D eigenvalue weighted by molar-refractivity contribution is -0.116. The van der Waals surface area contributed by atoms with Gasteiger partial charge in [0.2, 0.25) is 0 Å². The Morgan fingerprint density at radius 3 is 2.53 bits per heavy atom. The predicted octanol–water partition coefficient (Wildman–Crippen LogP) is 3.39. The number of benzene rings is 1. The van der Waals surface area contributed by atoms with Gasteiger partial charge in [-0.15, -0.1) is 0 Å². The number of hydrogen-bond donors (Lipinski definition) is 0. The molecule has 0 saturated heterocycles. The maximum atomic E-state index is 10.9. The summed E-state index contributed by atoms with van der Waals surface area (Å²) in [7, 11) is 0. The van der Waals surface area contributed by atoms with Gasteiger partial charge in [0.25, 0.3) is 0 Å². The molecule has 0 N–H and O–H groups in total. The number of Topliss-reactive ketones (excluding diaryl/α,β-unsaturated/α-hetero) is 1. The molecule has 2 heteroatoms. The number of hydrogen-bond acceptors (Lipinski definition) is 2. The van der Waals surface area contributed by atoms with Crippen LogP contribution in [0.15, 0.2) is 24.3 Å². The molecule has 1 aliphatic rings. The lowest BCUT2D eigenvalue weighted by atomic mass is 9.86. The van der Waals surface area contributed by atoms with E-state index in [4.69, 9.17) is 4.74 Å². The molecule has 2 rings (SSSR count).